The smallest absolute Gasteiger partial charge is 0.254 e. The van der Waals surface area contributed by atoms with Gasteiger partial charge in [0, 0.05) is 19.2 Å². The van der Waals surface area contributed by atoms with Crippen molar-refractivity contribution in [1.29, 1.82) is 0 Å². The number of fused-ring (bicyclic) bond motifs is 1. The molecule has 0 radical (unpaired) electrons. The molecule has 0 saturated carbocycles. The largest absolute Gasteiger partial charge is 0.489 e. The summed E-state index contributed by atoms with van der Waals surface area (Å²) < 4.78 is 5.76. The summed E-state index contributed by atoms with van der Waals surface area (Å²) in [5.41, 5.74) is 2.96. The molecule has 96 valence electrons. The molecule has 0 N–H and O–H groups in total. The first-order valence-corrected chi connectivity index (χ1v) is 6.29. The van der Waals surface area contributed by atoms with Crippen LogP contribution in [0.3, 0.4) is 0 Å². The molecule has 19 heavy (non-hydrogen) atoms. The van der Waals surface area contributed by atoms with Gasteiger partial charge in [-0.15, -0.1) is 0 Å². The highest BCUT2D eigenvalue weighted by atomic mass is 16.5. The van der Waals surface area contributed by atoms with E-state index in [0.29, 0.717) is 13.2 Å². The van der Waals surface area contributed by atoms with Gasteiger partial charge in [-0.3, -0.25) is 4.79 Å². The van der Waals surface area contributed by atoms with Crippen molar-refractivity contribution in [3.05, 3.63) is 65.2 Å². The lowest BCUT2D eigenvalue weighted by Crippen LogP contribution is -2.17. The Hall–Kier alpha value is -2.29. The highest BCUT2D eigenvalue weighted by molar-refractivity contribution is 5.98. The van der Waals surface area contributed by atoms with E-state index in [1.807, 2.05) is 55.6 Å². The maximum atomic E-state index is 11.8. The number of hydrogen-bond donors (Lipinski definition) is 0. The second-order valence-electron chi connectivity index (χ2n) is 4.75. The summed E-state index contributed by atoms with van der Waals surface area (Å²) in [6.07, 6.45) is 0. The lowest BCUT2D eigenvalue weighted by molar-refractivity contribution is 0.0816. The van der Waals surface area contributed by atoms with E-state index < -0.39 is 0 Å². The van der Waals surface area contributed by atoms with Crippen molar-refractivity contribution in [2.24, 2.45) is 0 Å². The van der Waals surface area contributed by atoms with Gasteiger partial charge in [-0.1, -0.05) is 30.3 Å². The minimum Gasteiger partial charge on any atom is -0.489 e. The third-order valence-electron chi connectivity index (χ3n) is 3.31. The van der Waals surface area contributed by atoms with Crippen LogP contribution in [0, 0.1) is 0 Å². The van der Waals surface area contributed by atoms with Crippen LogP contribution in [0.25, 0.3) is 0 Å². The van der Waals surface area contributed by atoms with Crippen molar-refractivity contribution in [3.8, 4) is 5.75 Å². The highest BCUT2D eigenvalue weighted by Crippen LogP contribution is 2.26. The van der Waals surface area contributed by atoms with Crippen LogP contribution in [0.4, 0.5) is 0 Å². The van der Waals surface area contributed by atoms with E-state index in [4.69, 9.17) is 4.74 Å². The molecule has 1 heterocycles. The van der Waals surface area contributed by atoms with Gasteiger partial charge < -0.3 is 9.64 Å². The molecule has 0 spiro atoms. The Morgan fingerprint density at radius 1 is 1.16 bits per heavy atom. The van der Waals surface area contributed by atoms with E-state index in [2.05, 4.69) is 0 Å². The maximum absolute atomic E-state index is 11.8. The number of nitrogens with zero attached hydrogens (tertiary/aromatic N) is 1. The summed E-state index contributed by atoms with van der Waals surface area (Å²) in [5.74, 6) is 0.898. The molecule has 0 atom stereocenters. The minimum atomic E-state index is 0.0876. The van der Waals surface area contributed by atoms with Crippen LogP contribution in [0.5, 0.6) is 5.75 Å². The van der Waals surface area contributed by atoms with Crippen molar-refractivity contribution in [1.82, 2.24) is 4.90 Å². The molecule has 1 amide bonds. The number of amides is 1. The lowest BCUT2D eigenvalue weighted by Gasteiger charge is -2.07. The fourth-order valence-corrected chi connectivity index (χ4v) is 2.27. The first-order valence-electron chi connectivity index (χ1n) is 6.29. The van der Waals surface area contributed by atoms with E-state index in [1.165, 1.54) is 0 Å². The Morgan fingerprint density at radius 3 is 2.74 bits per heavy atom. The van der Waals surface area contributed by atoms with Gasteiger partial charge in [-0.2, -0.15) is 0 Å². The number of carbonyl (C=O) groups excluding carboxylic acids is 1. The monoisotopic (exact) mass is 253 g/mol. The van der Waals surface area contributed by atoms with Crippen LogP contribution in [-0.4, -0.2) is 17.9 Å². The number of carbonyl (C=O) groups is 1. The van der Waals surface area contributed by atoms with Gasteiger partial charge in [0.1, 0.15) is 12.4 Å². The Labute approximate surface area is 112 Å². The van der Waals surface area contributed by atoms with Crippen LogP contribution in [0.2, 0.25) is 0 Å². The number of benzene rings is 2. The summed E-state index contributed by atoms with van der Waals surface area (Å²) in [5, 5.41) is 0. The van der Waals surface area contributed by atoms with Crippen LogP contribution in [0.15, 0.2) is 48.5 Å². The molecule has 0 fully saturated rings. The number of ether oxygens (including phenoxy) is 1. The summed E-state index contributed by atoms with van der Waals surface area (Å²) >= 11 is 0. The van der Waals surface area contributed by atoms with Crippen molar-refractivity contribution in [2.75, 3.05) is 7.05 Å². The number of rotatable bonds is 3. The summed E-state index contributed by atoms with van der Waals surface area (Å²) in [4.78, 5) is 13.5. The van der Waals surface area contributed by atoms with Crippen LogP contribution < -0.4 is 4.74 Å². The predicted molar refractivity (Wildman–Crippen MR) is 73.0 cm³/mol. The molecule has 3 rings (SSSR count). The molecule has 0 aromatic heterocycles. The van der Waals surface area contributed by atoms with Gasteiger partial charge in [0.2, 0.25) is 0 Å². The van der Waals surface area contributed by atoms with Crippen LogP contribution in [-0.2, 0) is 13.2 Å². The van der Waals surface area contributed by atoms with Gasteiger partial charge in [0.25, 0.3) is 5.91 Å². The molecular formula is C16H15NO2. The molecule has 2 aromatic rings. The predicted octanol–water partition coefficient (Wildman–Crippen LogP) is 2.85. The molecule has 1 aliphatic heterocycles. The summed E-state index contributed by atoms with van der Waals surface area (Å²) in [6, 6.07) is 15.7. The normalized spacial score (nSPS) is 13.5. The third kappa shape index (κ3) is 2.32. The van der Waals surface area contributed by atoms with Gasteiger partial charge in [0.05, 0.1) is 0 Å². The molecule has 0 saturated heterocycles. The third-order valence-corrected chi connectivity index (χ3v) is 3.31. The first-order chi connectivity index (χ1) is 9.24. The lowest BCUT2D eigenvalue weighted by atomic mass is 10.1. The Morgan fingerprint density at radius 2 is 1.95 bits per heavy atom. The zero-order valence-corrected chi connectivity index (χ0v) is 10.8. The second-order valence-corrected chi connectivity index (χ2v) is 4.75. The summed E-state index contributed by atoms with van der Waals surface area (Å²) in [6.45, 7) is 1.21. The first kappa shape index (κ1) is 11.8. The van der Waals surface area contributed by atoms with Gasteiger partial charge in [-0.05, 0) is 29.3 Å². The molecule has 3 nitrogen and oxygen atoms in total. The summed E-state index contributed by atoms with van der Waals surface area (Å²) in [7, 11) is 1.81. The standard InChI is InChI=1S/C16H15NO2/c1-17-10-13-9-14(7-8-15(13)16(17)18)19-11-12-5-3-2-4-6-12/h2-9H,10-11H2,1H3. The van der Waals surface area contributed by atoms with E-state index in [-0.39, 0.29) is 5.91 Å². The molecular weight excluding hydrogens is 238 g/mol. The van der Waals surface area contributed by atoms with Gasteiger partial charge in [0.15, 0.2) is 0 Å². The Bertz CT molecular complexity index is 607. The van der Waals surface area contributed by atoms with Crippen molar-refractivity contribution in [2.45, 2.75) is 13.2 Å². The maximum Gasteiger partial charge on any atom is 0.254 e. The topological polar surface area (TPSA) is 29.5 Å². The molecule has 1 aliphatic rings. The van der Waals surface area contributed by atoms with Crippen molar-refractivity contribution >= 4 is 5.91 Å². The highest BCUT2D eigenvalue weighted by Gasteiger charge is 2.24. The molecule has 2 aromatic carbocycles. The Balaban J connectivity index is 1.74. The minimum absolute atomic E-state index is 0.0876. The van der Waals surface area contributed by atoms with Gasteiger partial charge >= 0.3 is 0 Å². The van der Waals surface area contributed by atoms with Crippen LogP contribution >= 0.6 is 0 Å². The van der Waals surface area contributed by atoms with Crippen molar-refractivity contribution < 1.29 is 9.53 Å². The fourth-order valence-electron chi connectivity index (χ4n) is 2.27. The fraction of sp³-hybridized carbons (Fsp3) is 0.188. The van der Waals surface area contributed by atoms with E-state index in [0.717, 1.165) is 22.4 Å². The molecule has 3 heteroatoms. The Kier molecular flexibility index (Phi) is 2.95. The van der Waals surface area contributed by atoms with E-state index >= 15 is 0 Å². The quantitative estimate of drug-likeness (QED) is 0.841. The molecule has 0 aliphatic carbocycles. The average molecular weight is 253 g/mol. The second kappa shape index (κ2) is 4.76. The van der Waals surface area contributed by atoms with Crippen molar-refractivity contribution in [3.63, 3.8) is 0 Å². The molecule has 0 bridgehead atoms. The van der Waals surface area contributed by atoms with Gasteiger partial charge in [-0.25, -0.2) is 0 Å². The zero-order valence-electron chi connectivity index (χ0n) is 10.8. The zero-order chi connectivity index (χ0) is 13.2. The average Bonchev–Trinajstić information content (AvgIpc) is 2.73. The van der Waals surface area contributed by atoms with Crippen LogP contribution in [0.1, 0.15) is 21.5 Å². The van der Waals surface area contributed by atoms with E-state index in [9.17, 15) is 4.79 Å². The van der Waals surface area contributed by atoms with E-state index in [1.54, 1.807) is 4.90 Å². The number of hydrogen-bond acceptors (Lipinski definition) is 2. The SMILES string of the molecule is CN1Cc2cc(OCc3ccccc3)ccc2C1=O. The molecule has 0 unspecified atom stereocenters.